The van der Waals surface area contributed by atoms with E-state index in [0.717, 1.165) is 0 Å². The van der Waals surface area contributed by atoms with Gasteiger partial charge in [0, 0.05) is 22.6 Å². The summed E-state index contributed by atoms with van der Waals surface area (Å²) < 4.78 is 15.9. The predicted octanol–water partition coefficient (Wildman–Crippen LogP) is 3.37. The third kappa shape index (κ3) is 2.30. The van der Waals surface area contributed by atoms with E-state index in [9.17, 15) is 9.50 Å². The summed E-state index contributed by atoms with van der Waals surface area (Å²) in [6.07, 6.45) is -1.14. The highest BCUT2D eigenvalue weighted by Crippen LogP contribution is 2.32. The quantitative estimate of drug-likeness (QED) is 0.915. The highest BCUT2D eigenvalue weighted by Gasteiger charge is 2.23. The molecule has 1 N–H and O–H groups in total. The second kappa shape index (κ2) is 4.99. The molecule has 2 rings (SSSR count). The van der Waals surface area contributed by atoms with Crippen LogP contribution in [0.3, 0.4) is 0 Å². The van der Waals surface area contributed by atoms with Gasteiger partial charge in [-0.25, -0.2) is 4.39 Å². The normalized spacial score (nSPS) is 12.8. The largest absolute Gasteiger partial charge is 0.383 e. The van der Waals surface area contributed by atoms with E-state index in [1.807, 2.05) is 0 Å². The van der Waals surface area contributed by atoms with E-state index < -0.39 is 11.9 Å². The standard InChI is InChI=1S/C12H11BrClFN2O/c1-6-10(12(14)17(2)16-6)11(18)8-5-7(13)3-4-9(8)15/h3-5,11,18H,1-2H3. The summed E-state index contributed by atoms with van der Waals surface area (Å²) >= 11 is 9.31. The molecule has 6 heteroatoms. The summed E-state index contributed by atoms with van der Waals surface area (Å²) in [7, 11) is 1.67. The maximum absolute atomic E-state index is 13.7. The Labute approximate surface area is 117 Å². The number of aryl methyl sites for hydroxylation is 2. The van der Waals surface area contributed by atoms with E-state index in [-0.39, 0.29) is 5.56 Å². The van der Waals surface area contributed by atoms with Crippen LogP contribution in [0.15, 0.2) is 22.7 Å². The molecule has 18 heavy (non-hydrogen) atoms. The Morgan fingerprint density at radius 1 is 1.50 bits per heavy atom. The molecule has 0 aliphatic carbocycles. The molecule has 0 bridgehead atoms. The molecular weight excluding hydrogens is 322 g/mol. The first-order valence-electron chi connectivity index (χ1n) is 5.23. The maximum atomic E-state index is 13.7. The first kappa shape index (κ1) is 13.5. The highest BCUT2D eigenvalue weighted by molar-refractivity contribution is 9.10. The molecule has 1 aromatic heterocycles. The molecule has 0 aliphatic rings. The monoisotopic (exact) mass is 332 g/mol. The zero-order chi connectivity index (χ0) is 13.4. The van der Waals surface area contributed by atoms with Gasteiger partial charge in [-0.2, -0.15) is 5.10 Å². The fourth-order valence-corrected chi connectivity index (χ4v) is 2.49. The van der Waals surface area contributed by atoms with Gasteiger partial charge in [0.2, 0.25) is 0 Å². The Morgan fingerprint density at radius 2 is 2.17 bits per heavy atom. The van der Waals surface area contributed by atoms with Gasteiger partial charge in [0.15, 0.2) is 0 Å². The van der Waals surface area contributed by atoms with Crippen molar-refractivity contribution in [2.75, 3.05) is 0 Å². The van der Waals surface area contributed by atoms with Crippen LogP contribution in [0, 0.1) is 12.7 Å². The van der Waals surface area contributed by atoms with Crippen molar-refractivity contribution in [2.24, 2.45) is 7.05 Å². The number of hydrogen-bond acceptors (Lipinski definition) is 2. The van der Waals surface area contributed by atoms with Crippen molar-refractivity contribution in [2.45, 2.75) is 13.0 Å². The van der Waals surface area contributed by atoms with Gasteiger partial charge in [0.1, 0.15) is 17.1 Å². The lowest BCUT2D eigenvalue weighted by atomic mass is 10.0. The van der Waals surface area contributed by atoms with E-state index in [1.165, 1.54) is 16.8 Å². The molecule has 1 aromatic carbocycles. The summed E-state index contributed by atoms with van der Waals surface area (Å²) in [5.41, 5.74) is 1.17. The molecule has 0 aliphatic heterocycles. The molecule has 1 unspecified atom stereocenters. The minimum Gasteiger partial charge on any atom is -0.383 e. The van der Waals surface area contributed by atoms with Gasteiger partial charge in [-0.05, 0) is 25.1 Å². The van der Waals surface area contributed by atoms with Crippen molar-refractivity contribution in [1.29, 1.82) is 0 Å². The van der Waals surface area contributed by atoms with Gasteiger partial charge < -0.3 is 5.11 Å². The molecule has 0 fully saturated rings. The maximum Gasteiger partial charge on any atom is 0.133 e. The number of benzene rings is 1. The number of nitrogens with zero attached hydrogens (tertiary/aromatic N) is 2. The molecular formula is C12H11BrClFN2O. The molecule has 0 saturated carbocycles. The highest BCUT2D eigenvalue weighted by atomic mass is 79.9. The van der Waals surface area contributed by atoms with Crippen molar-refractivity contribution in [1.82, 2.24) is 9.78 Å². The number of hydrogen-bond donors (Lipinski definition) is 1. The van der Waals surface area contributed by atoms with E-state index in [2.05, 4.69) is 21.0 Å². The Kier molecular flexibility index (Phi) is 3.75. The van der Waals surface area contributed by atoms with Gasteiger partial charge in [-0.1, -0.05) is 27.5 Å². The fourth-order valence-electron chi connectivity index (χ4n) is 1.84. The predicted molar refractivity (Wildman–Crippen MR) is 71.1 cm³/mol. The smallest absolute Gasteiger partial charge is 0.133 e. The van der Waals surface area contributed by atoms with Crippen LogP contribution in [0.25, 0.3) is 0 Å². The molecule has 0 spiro atoms. The molecule has 2 aromatic rings. The summed E-state index contributed by atoms with van der Waals surface area (Å²) in [6.45, 7) is 1.72. The van der Waals surface area contributed by atoms with Gasteiger partial charge in [0.25, 0.3) is 0 Å². The lowest BCUT2D eigenvalue weighted by molar-refractivity contribution is 0.214. The van der Waals surface area contributed by atoms with Crippen molar-refractivity contribution < 1.29 is 9.50 Å². The number of rotatable bonds is 2. The zero-order valence-corrected chi connectivity index (χ0v) is 12.1. The number of aliphatic hydroxyl groups is 1. The Bertz CT molecular complexity index is 600. The first-order valence-corrected chi connectivity index (χ1v) is 6.41. The summed E-state index contributed by atoms with van der Waals surface area (Å²) in [4.78, 5) is 0. The minimum atomic E-state index is -1.14. The molecule has 3 nitrogen and oxygen atoms in total. The average Bonchev–Trinajstić information content (AvgIpc) is 2.56. The molecule has 1 heterocycles. The number of aliphatic hydroxyl groups excluding tert-OH is 1. The van der Waals surface area contributed by atoms with Gasteiger partial charge in [-0.3, -0.25) is 4.68 Å². The van der Waals surface area contributed by atoms with Crippen LogP contribution in [0.2, 0.25) is 5.15 Å². The Balaban J connectivity index is 2.54. The van der Waals surface area contributed by atoms with Crippen molar-refractivity contribution in [3.8, 4) is 0 Å². The minimum absolute atomic E-state index is 0.169. The second-order valence-corrected chi connectivity index (χ2v) is 5.26. The lowest BCUT2D eigenvalue weighted by Gasteiger charge is -2.12. The van der Waals surface area contributed by atoms with Crippen molar-refractivity contribution in [3.05, 3.63) is 50.5 Å². The van der Waals surface area contributed by atoms with E-state index in [1.54, 1.807) is 20.0 Å². The molecule has 96 valence electrons. The van der Waals surface area contributed by atoms with Crippen molar-refractivity contribution in [3.63, 3.8) is 0 Å². The van der Waals surface area contributed by atoms with E-state index in [0.29, 0.717) is 20.9 Å². The average molecular weight is 334 g/mol. The van der Waals surface area contributed by atoms with E-state index in [4.69, 9.17) is 11.6 Å². The third-order valence-corrected chi connectivity index (χ3v) is 3.66. The fraction of sp³-hybridized carbons (Fsp3) is 0.250. The number of aromatic nitrogens is 2. The van der Waals surface area contributed by atoms with Crippen LogP contribution >= 0.6 is 27.5 Å². The summed E-state index contributed by atoms with van der Waals surface area (Å²) in [6, 6.07) is 4.40. The molecule has 0 amide bonds. The summed E-state index contributed by atoms with van der Waals surface area (Å²) in [5.74, 6) is -0.481. The van der Waals surface area contributed by atoms with Gasteiger partial charge >= 0.3 is 0 Å². The summed E-state index contributed by atoms with van der Waals surface area (Å²) in [5, 5.41) is 14.7. The van der Waals surface area contributed by atoms with Gasteiger partial charge in [0.05, 0.1) is 5.69 Å². The molecule has 1 atom stereocenters. The Hall–Kier alpha value is -0.910. The van der Waals surface area contributed by atoms with E-state index >= 15 is 0 Å². The topological polar surface area (TPSA) is 38.0 Å². The van der Waals surface area contributed by atoms with Crippen LogP contribution in [-0.2, 0) is 7.05 Å². The van der Waals surface area contributed by atoms with Crippen LogP contribution in [0.1, 0.15) is 22.9 Å². The van der Waals surface area contributed by atoms with Crippen LogP contribution in [-0.4, -0.2) is 14.9 Å². The SMILES string of the molecule is Cc1nn(C)c(Cl)c1C(O)c1cc(Br)ccc1F. The Morgan fingerprint density at radius 3 is 2.72 bits per heavy atom. The molecule has 0 radical (unpaired) electrons. The lowest BCUT2D eigenvalue weighted by Crippen LogP contribution is -2.04. The third-order valence-electron chi connectivity index (χ3n) is 2.72. The number of halogens is 3. The van der Waals surface area contributed by atoms with Crippen LogP contribution in [0.4, 0.5) is 4.39 Å². The molecule has 0 saturated heterocycles. The first-order chi connectivity index (χ1) is 8.41. The van der Waals surface area contributed by atoms with Crippen LogP contribution < -0.4 is 0 Å². The van der Waals surface area contributed by atoms with Crippen molar-refractivity contribution >= 4 is 27.5 Å². The zero-order valence-electron chi connectivity index (χ0n) is 9.78. The van der Waals surface area contributed by atoms with Gasteiger partial charge in [-0.15, -0.1) is 0 Å². The second-order valence-electron chi connectivity index (χ2n) is 3.98. The van der Waals surface area contributed by atoms with Crippen LogP contribution in [0.5, 0.6) is 0 Å².